The first-order valence-electron chi connectivity index (χ1n) is 8.63. The maximum absolute atomic E-state index is 11.6. The minimum atomic E-state index is -1.48. The average Bonchev–Trinajstić information content (AvgIpc) is 3.20. The fourth-order valence-electron chi connectivity index (χ4n) is 3.51. The van der Waals surface area contributed by atoms with E-state index in [4.69, 9.17) is 4.74 Å². The number of ether oxygens (including phenoxy) is 1. The van der Waals surface area contributed by atoms with Crippen molar-refractivity contribution in [1.82, 2.24) is 20.1 Å². The van der Waals surface area contributed by atoms with Gasteiger partial charge in [0.1, 0.15) is 29.5 Å². The number of nitrogens with one attached hydrogen (secondary N) is 1. The Morgan fingerprint density at radius 2 is 2.15 bits per heavy atom. The predicted octanol–water partition coefficient (Wildman–Crippen LogP) is -0.198. The van der Waals surface area contributed by atoms with Crippen LogP contribution in [-0.4, -0.2) is 72.6 Å². The molecule has 0 spiro atoms. The van der Waals surface area contributed by atoms with Gasteiger partial charge in [0, 0.05) is 18.9 Å². The van der Waals surface area contributed by atoms with Crippen molar-refractivity contribution < 1.29 is 29.8 Å². The molecule has 1 saturated carbocycles. The molecule has 2 fully saturated rings. The van der Waals surface area contributed by atoms with Crippen molar-refractivity contribution in [3.63, 3.8) is 0 Å². The Morgan fingerprint density at radius 1 is 1.37 bits per heavy atom. The highest BCUT2D eigenvalue weighted by Gasteiger charge is 2.48. The minimum absolute atomic E-state index is 0.105. The number of hydrogen-bond donors (Lipinski definition) is 5. The Balaban J connectivity index is 1.44. The van der Waals surface area contributed by atoms with Gasteiger partial charge in [-0.2, -0.15) is 5.10 Å². The standard InChI is InChI=1S/C16H19BN4O6/c22-15-9(10-3-11(10)17(25)26)1-2-12(14(15)16(23)24)27-8-4-21(5-8)6-13-18-7-19-20-13/h1-2,7-8,10-11,22,25-26H,3-6H2,(H,23,24)(H,18,19,20). The van der Waals surface area contributed by atoms with Gasteiger partial charge < -0.3 is 25.0 Å². The molecule has 11 heteroatoms. The summed E-state index contributed by atoms with van der Waals surface area (Å²) in [5.41, 5.74) is 0.107. The van der Waals surface area contributed by atoms with E-state index >= 15 is 0 Å². The molecule has 142 valence electrons. The highest BCUT2D eigenvalue weighted by atomic mass is 16.5. The number of carboxylic acids is 1. The molecular formula is C16H19BN4O6. The lowest BCUT2D eigenvalue weighted by atomic mass is 9.81. The van der Waals surface area contributed by atoms with E-state index in [9.17, 15) is 25.1 Å². The summed E-state index contributed by atoms with van der Waals surface area (Å²) >= 11 is 0. The molecule has 2 unspecified atom stereocenters. The first-order valence-corrected chi connectivity index (χ1v) is 8.63. The van der Waals surface area contributed by atoms with Crippen LogP contribution in [0, 0.1) is 0 Å². The van der Waals surface area contributed by atoms with Crippen LogP contribution in [0.1, 0.15) is 34.1 Å². The Morgan fingerprint density at radius 3 is 2.74 bits per heavy atom. The highest BCUT2D eigenvalue weighted by Crippen LogP contribution is 2.56. The number of H-pyrrole nitrogens is 1. The minimum Gasteiger partial charge on any atom is -0.507 e. The predicted molar refractivity (Wildman–Crippen MR) is 92.4 cm³/mol. The molecule has 1 saturated heterocycles. The third-order valence-corrected chi connectivity index (χ3v) is 5.05. The lowest BCUT2D eigenvalue weighted by Crippen LogP contribution is -2.53. The summed E-state index contributed by atoms with van der Waals surface area (Å²) in [4.78, 5) is 17.8. The van der Waals surface area contributed by atoms with Gasteiger partial charge in [-0.15, -0.1) is 0 Å². The molecular weight excluding hydrogens is 355 g/mol. The number of carboxylic acid groups (broad SMARTS) is 1. The summed E-state index contributed by atoms with van der Waals surface area (Å²) in [7, 11) is -1.48. The van der Waals surface area contributed by atoms with Crippen LogP contribution in [0.3, 0.4) is 0 Å². The molecule has 1 aromatic heterocycles. The van der Waals surface area contributed by atoms with Crippen LogP contribution in [-0.2, 0) is 6.54 Å². The smallest absolute Gasteiger partial charge is 0.455 e. The van der Waals surface area contributed by atoms with E-state index in [0.29, 0.717) is 37.4 Å². The number of nitrogens with zero attached hydrogens (tertiary/aromatic N) is 3. The van der Waals surface area contributed by atoms with Crippen molar-refractivity contribution in [2.75, 3.05) is 13.1 Å². The molecule has 10 nitrogen and oxygen atoms in total. The van der Waals surface area contributed by atoms with Gasteiger partial charge in [-0.25, -0.2) is 9.78 Å². The van der Waals surface area contributed by atoms with E-state index in [-0.39, 0.29) is 34.9 Å². The van der Waals surface area contributed by atoms with E-state index in [2.05, 4.69) is 20.1 Å². The van der Waals surface area contributed by atoms with Gasteiger partial charge in [0.25, 0.3) is 0 Å². The summed E-state index contributed by atoms with van der Waals surface area (Å²) < 4.78 is 5.77. The Bertz CT molecular complexity index is 840. The maximum Gasteiger partial charge on any atom is 0.455 e. The molecule has 1 aliphatic carbocycles. The molecule has 1 aliphatic heterocycles. The quantitative estimate of drug-likeness (QED) is 0.415. The second kappa shape index (κ2) is 6.84. The summed E-state index contributed by atoms with van der Waals surface area (Å²) in [6.45, 7) is 1.76. The average molecular weight is 374 g/mol. The van der Waals surface area contributed by atoms with Crippen LogP contribution in [0.4, 0.5) is 0 Å². The van der Waals surface area contributed by atoms with Gasteiger partial charge in [0.2, 0.25) is 0 Å². The summed E-state index contributed by atoms with van der Waals surface area (Å²) in [5.74, 6) is -1.54. The molecule has 0 bridgehead atoms. The van der Waals surface area contributed by atoms with Crippen molar-refractivity contribution in [3.8, 4) is 11.5 Å². The monoisotopic (exact) mass is 374 g/mol. The largest absolute Gasteiger partial charge is 0.507 e. The number of aromatic amines is 1. The lowest BCUT2D eigenvalue weighted by Gasteiger charge is -2.38. The van der Waals surface area contributed by atoms with Gasteiger partial charge in [-0.3, -0.25) is 10.00 Å². The zero-order valence-electron chi connectivity index (χ0n) is 14.3. The molecule has 0 amide bonds. The molecule has 1 aromatic carbocycles. The summed E-state index contributed by atoms with van der Waals surface area (Å²) in [6.07, 6.45) is 1.80. The second-order valence-corrected chi connectivity index (χ2v) is 6.95. The number of carbonyl (C=O) groups is 1. The molecule has 2 heterocycles. The topological polar surface area (TPSA) is 152 Å². The zero-order chi connectivity index (χ0) is 19.1. The van der Waals surface area contributed by atoms with Crippen LogP contribution in [0.15, 0.2) is 18.5 Å². The third-order valence-electron chi connectivity index (χ3n) is 5.05. The summed E-state index contributed by atoms with van der Waals surface area (Å²) in [5, 5.41) is 45.0. The van der Waals surface area contributed by atoms with Crippen LogP contribution in [0.25, 0.3) is 0 Å². The normalized spacial score (nSPS) is 22.3. The van der Waals surface area contributed by atoms with Crippen molar-refractivity contribution >= 4 is 13.1 Å². The molecule has 2 atom stereocenters. The Kier molecular flexibility index (Phi) is 4.50. The van der Waals surface area contributed by atoms with E-state index < -0.39 is 13.1 Å². The van der Waals surface area contributed by atoms with Crippen LogP contribution >= 0.6 is 0 Å². The lowest BCUT2D eigenvalue weighted by molar-refractivity contribution is 0.0120. The maximum atomic E-state index is 11.6. The molecule has 2 aromatic rings. The van der Waals surface area contributed by atoms with Crippen molar-refractivity contribution in [2.45, 2.75) is 30.8 Å². The highest BCUT2D eigenvalue weighted by molar-refractivity contribution is 6.44. The second-order valence-electron chi connectivity index (χ2n) is 6.95. The van der Waals surface area contributed by atoms with Crippen LogP contribution < -0.4 is 4.74 Å². The first kappa shape index (κ1) is 17.8. The van der Waals surface area contributed by atoms with Crippen molar-refractivity contribution in [2.24, 2.45) is 0 Å². The van der Waals surface area contributed by atoms with Crippen molar-refractivity contribution in [3.05, 3.63) is 35.4 Å². The first-order chi connectivity index (χ1) is 12.9. The Hall–Kier alpha value is -2.63. The van der Waals surface area contributed by atoms with Crippen molar-refractivity contribution in [1.29, 1.82) is 0 Å². The van der Waals surface area contributed by atoms with Gasteiger partial charge in [-0.05, 0) is 24.0 Å². The van der Waals surface area contributed by atoms with Gasteiger partial charge in [-0.1, -0.05) is 6.07 Å². The number of aromatic carboxylic acids is 1. The van der Waals surface area contributed by atoms with Crippen LogP contribution in [0.5, 0.6) is 11.5 Å². The van der Waals surface area contributed by atoms with E-state index in [1.165, 1.54) is 12.4 Å². The number of hydrogen-bond acceptors (Lipinski definition) is 8. The number of aromatic hydroxyl groups is 1. The van der Waals surface area contributed by atoms with E-state index in [1.54, 1.807) is 6.07 Å². The van der Waals surface area contributed by atoms with E-state index in [1.807, 2.05) is 0 Å². The third kappa shape index (κ3) is 3.48. The molecule has 0 radical (unpaired) electrons. The molecule has 27 heavy (non-hydrogen) atoms. The fraction of sp³-hybridized carbons (Fsp3) is 0.438. The van der Waals surface area contributed by atoms with Gasteiger partial charge >= 0.3 is 13.1 Å². The molecule has 4 rings (SSSR count). The van der Waals surface area contributed by atoms with E-state index in [0.717, 1.165) is 0 Å². The fourth-order valence-corrected chi connectivity index (χ4v) is 3.51. The SMILES string of the molecule is O=C(O)c1c(OC2CN(Cc3nc[nH]n3)C2)ccc(C2CC2B(O)O)c1O. The van der Waals surface area contributed by atoms with Crippen LogP contribution in [0.2, 0.25) is 5.82 Å². The van der Waals surface area contributed by atoms with Gasteiger partial charge in [0.05, 0.1) is 6.54 Å². The summed E-state index contributed by atoms with van der Waals surface area (Å²) in [6, 6.07) is 3.11. The number of phenols is 1. The Labute approximate surface area is 154 Å². The number of likely N-dealkylation sites (tertiary alicyclic amines) is 1. The number of aromatic nitrogens is 3. The zero-order valence-corrected chi connectivity index (χ0v) is 14.3. The molecule has 2 aliphatic rings. The number of rotatable bonds is 7. The molecule has 5 N–H and O–H groups in total. The number of benzene rings is 1. The van der Waals surface area contributed by atoms with Gasteiger partial charge in [0.15, 0.2) is 5.82 Å².